The van der Waals surface area contributed by atoms with Gasteiger partial charge in [-0.2, -0.15) is 0 Å². The Morgan fingerprint density at radius 1 is 1.25 bits per heavy atom. The van der Waals surface area contributed by atoms with Crippen LogP contribution in [0.3, 0.4) is 0 Å². The SMILES string of the molecule is COC(=O)C=CS(=O)(=O)c1ccc(C)cc1. The third-order valence-electron chi connectivity index (χ3n) is 1.93. The average Bonchev–Trinajstić information content (AvgIpc) is 2.26. The minimum absolute atomic E-state index is 0.151. The maximum absolute atomic E-state index is 11.7. The highest BCUT2D eigenvalue weighted by atomic mass is 32.2. The molecule has 5 heteroatoms. The smallest absolute Gasteiger partial charge is 0.331 e. The van der Waals surface area contributed by atoms with E-state index in [0.29, 0.717) is 0 Å². The fourth-order valence-corrected chi connectivity index (χ4v) is 1.98. The summed E-state index contributed by atoms with van der Waals surface area (Å²) in [5, 5.41) is 0.837. The molecule has 86 valence electrons. The second-order valence-corrected chi connectivity index (χ2v) is 5.02. The highest BCUT2D eigenvalue weighted by Crippen LogP contribution is 2.12. The van der Waals surface area contributed by atoms with Crippen molar-refractivity contribution in [2.24, 2.45) is 0 Å². The fraction of sp³-hybridized carbons (Fsp3) is 0.182. The first kappa shape index (κ1) is 12.4. The first-order valence-electron chi connectivity index (χ1n) is 4.53. The summed E-state index contributed by atoms with van der Waals surface area (Å²) in [6.07, 6.45) is 0.884. The van der Waals surface area contributed by atoms with Gasteiger partial charge in [0, 0.05) is 11.5 Å². The monoisotopic (exact) mass is 240 g/mol. The highest BCUT2D eigenvalue weighted by molar-refractivity contribution is 7.94. The van der Waals surface area contributed by atoms with E-state index in [9.17, 15) is 13.2 Å². The molecule has 0 atom stereocenters. The number of hydrogen-bond donors (Lipinski definition) is 0. The van der Waals surface area contributed by atoms with Crippen LogP contribution in [-0.2, 0) is 19.4 Å². The summed E-state index contributed by atoms with van der Waals surface area (Å²) in [7, 11) is -2.38. The zero-order valence-electron chi connectivity index (χ0n) is 9.01. The summed E-state index contributed by atoms with van der Waals surface area (Å²) in [5.41, 5.74) is 0.968. The summed E-state index contributed by atoms with van der Waals surface area (Å²) in [4.78, 5) is 10.9. The number of ether oxygens (including phenoxy) is 1. The topological polar surface area (TPSA) is 60.4 Å². The van der Waals surface area contributed by atoms with Crippen LogP contribution in [0.15, 0.2) is 40.6 Å². The number of benzene rings is 1. The molecule has 0 aromatic heterocycles. The number of aryl methyl sites for hydroxylation is 1. The Hall–Kier alpha value is -1.62. The van der Waals surface area contributed by atoms with Gasteiger partial charge in [0.2, 0.25) is 0 Å². The second kappa shape index (κ2) is 4.94. The molecule has 1 rings (SSSR count). The van der Waals surface area contributed by atoms with Crippen LogP contribution in [0.1, 0.15) is 5.56 Å². The van der Waals surface area contributed by atoms with Crippen molar-refractivity contribution in [1.82, 2.24) is 0 Å². The molecule has 0 N–H and O–H groups in total. The maximum atomic E-state index is 11.7. The number of carbonyl (C=O) groups excluding carboxylic acids is 1. The predicted molar refractivity (Wildman–Crippen MR) is 59.5 cm³/mol. The molecule has 0 heterocycles. The number of carbonyl (C=O) groups is 1. The molecule has 0 fully saturated rings. The van der Waals surface area contributed by atoms with Crippen molar-refractivity contribution in [3.8, 4) is 0 Å². The van der Waals surface area contributed by atoms with E-state index < -0.39 is 15.8 Å². The number of methoxy groups -OCH3 is 1. The van der Waals surface area contributed by atoms with E-state index in [-0.39, 0.29) is 4.90 Å². The van der Waals surface area contributed by atoms with E-state index in [2.05, 4.69) is 4.74 Å². The van der Waals surface area contributed by atoms with E-state index in [1.165, 1.54) is 19.2 Å². The maximum Gasteiger partial charge on any atom is 0.331 e. The molecule has 16 heavy (non-hydrogen) atoms. The fourth-order valence-electron chi connectivity index (χ4n) is 1.02. The molecular weight excluding hydrogens is 228 g/mol. The number of esters is 1. The average molecular weight is 240 g/mol. The van der Waals surface area contributed by atoms with Crippen molar-refractivity contribution in [2.75, 3.05) is 7.11 Å². The lowest BCUT2D eigenvalue weighted by Gasteiger charge is -1.99. The van der Waals surface area contributed by atoms with Crippen LogP contribution >= 0.6 is 0 Å². The molecule has 1 aromatic rings. The Morgan fingerprint density at radius 3 is 2.31 bits per heavy atom. The van der Waals surface area contributed by atoms with Crippen molar-refractivity contribution in [2.45, 2.75) is 11.8 Å². The molecule has 0 unspecified atom stereocenters. The quantitative estimate of drug-likeness (QED) is 0.592. The first-order chi connectivity index (χ1) is 7.45. The Kier molecular flexibility index (Phi) is 3.84. The Morgan fingerprint density at radius 2 is 1.81 bits per heavy atom. The van der Waals surface area contributed by atoms with E-state index in [4.69, 9.17) is 0 Å². The minimum atomic E-state index is -3.56. The van der Waals surface area contributed by atoms with Gasteiger partial charge in [-0.3, -0.25) is 0 Å². The third kappa shape index (κ3) is 3.20. The standard InChI is InChI=1S/C11H12O4S/c1-9-3-5-10(6-4-9)16(13,14)8-7-11(12)15-2/h3-8H,1-2H3. The Bertz CT molecular complexity index is 497. The number of hydrogen-bond acceptors (Lipinski definition) is 4. The molecule has 0 spiro atoms. The molecule has 0 aliphatic rings. The van der Waals surface area contributed by atoms with Crippen molar-refractivity contribution >= 4 is 15.8 Å². The largest absolute Gasteiger partial charge is 0.466 e. The second-order valence-electron chi connectivity index (χ2n) is 3.18. The lowest BCUT2D eigenvalue weighted by atomic mass is 10.2. The van der Waals surface area contributed by atoms with Crippen molar-refractivity contribution in [3.05, 3.63) is 41.3 Å². The summed E-state index contributed by atoms with van der Waals surface area (Å²) in [6.45, 7) is 1.86. The van der Waals surface area contributed by atoms with Gasteiger partial charge in [-0.1, -0.05) is 17.7 Å². The van der Waals surface area contributed by atoms with Gasteiger partial charge in [-0.15, -0.1) is 0 Å². The van der Waals surface area contributed by atoms with Gasteiger partial charge in [0.05, 0.1) is 12.0 Å². The van der Waals surface area contributed by atoms with Crippen LogP contribution in [0.5, 0.6) is 0 Å². The van der Waals surface area contributed by atoms with E-state index in [0.717, 1.165) is 17.0 Å². The number of sulfone groups is 1. The van der Waals surface area contributed by atoms with Gasteiger partial charge in [-0.05, 0) is 19.1 Å². The Balaban J connectivity index is 2.99. The molecule has 0 aliphatic carbocycles. The van der Waals surface area contributed by atoms with Crippen LogP contribution in [-0.4, -0.2) is 21.5 Å². The van der Waals surface area contributed by atoms with Crippen LogP contribution in [0.2, 0.25) is 0 Å². The molecule has 0 bridgehead atoms. The van der Waals surface area contributed by atoms with Gasteiger partial charge < -0.3 is 4.74 Å². The normalized spacial score (nSPS) is 11.6. The summed E-state index contributed by atoms with van der Waals surface area (Å²) in [6, 6.07) is 6.37. The summed E-state index contributed by atoms with van der Waals surface area (Å²) < 4.78 is 27.6. The lowest BCUT2D eigenvalue weighted by molar-refractivity contribution is -0.134. The number of rotatable bonds is 3. The van der Waals surface area contributed by atoms with E-state index in [1.807, 2.05) is 6.92 Å². The van der Waals surface area contributed by atoms with Crippen LogP contribution < -0.4 is 0 Å². The van der Waals surface area contributed by atoms with Gasteiger partial charge in [-0.25, -0.2) is 13.2 Å². The lowest BCUT2D eigenvalue weighted by Crippen LogP contribution is -2.00. The molecule has 0 saturated heterocycles. The van der Waals surface area contributed by atoms with Crippen molar-refractivity contribution in [3.63, 3.8) is 0 Å². The van der Waals surface area contributed by atoms with Crippen molar-refractivity contribution in [1.29, 1.82) is 0 Å². The molecule has 0 amide bonds. The van der Waals surface area contributed by atoms with E-state index >= 15 is 0 Å². The molecule has 0 radical (unpaired) electrons. The molecular formula is C11H12O4S. The molecule has 1 aromatic carbocycles. The highest BCUT2D eigenvalue weighted by Gasteiger charge is 2.10. The van der Waals surface area contributed by atoms with Gasteiger partial charge >= 0.3 is 5.97 Å². The molecule has 0 aliphatic heterocycles. The zero-order valence-corrected chi connectivity index (χ0v) is 9.82. The molecule has 4 nitrogen and oxygen atoms in total. The third-order valence-corrected chi connectivity index (χ3v) is 3.36. The van der Waals surface area contributed by atoms with Gasteiger partial charge in [0.1, 0.15) is 0 Å². The van der Waals surface area contributed by atoms with Crippen LogP contribution in [0, 0.1) is 6.92 Å². The predicted octanol–water partition coefficient (Wildman–Crippen LogP) is 1.46. The van der Waals surface area contributed by atoms with Crippen molar-refractivity contribution < 1.29 is 17.9 Å². The zero-order chi connectivity index (χ0) is 12.2. The van der Waals surface area contributed by atoms with Gasteiger partial charge in [0.15, 0.2) is 9.84 Å². The summed E-state index contributed by atoms with van der Waals surface area (Å²) in [5.74, 6) is -0.698. The summed E-state index contributed by atoms with van der Waals surface area (Å²) >= 11 is 0. The Labute approximate surface area is 94.5 Å². The van der Waals surface area contributed by atoms with Gasteiger partial charge in [0.25, 0.3) is 0 Å². The van der Waals surface area contributed by atoms with Crippen LogP contribution in [0.4, 0.5) is 0 Å². The molecule has 0 saturated carbocycles. The van der Waals surface area contributed by atoms with Crippen LogP contribution in [0.25, 0.3) is 0 Å². The minimum Gasteiger partial charge on any atom is -0.466 e. The van der Waals surface area contributed by atoms with E-state index in [1.54, 1.807) is 12.1 Å². The first-order valence-corrected chi connectivity index (χ1v) is 6.08.